The monoisotopic (exact) mass is 412 g/mol. The Bertz CT molecular complexity index is 1160. The molecule has 4 aromatic rings. The number of H-pyrrole nitrogens is 1. The van der Waals surface area contributed by atoms with E-state index in [0.717, 1.165) is 66.1 Å². The van der Waals surface area contributed by atoms with Crippen LogP contribution in [0.25, 0.3) is 22.0 Å². The molecule has 0 bridgehead atoms. The quantitative estimate of drug-likeness (QED) is 0.497. The fraction of sp³-hybridized carbons (Fsp3) is 0.320. The lowest BCUT2D eigenvalue weighted by atomic mass is 10.0. The molecule has 2 aromatic carbocycles. The number of aryl methyl sites for hydroxylation is 2. The maximum atomic E-state index is 4.79. The van der Waals surface area contributed by atoms with Gasteiger partial charge < -0.3 is 5.32 Å². The molecule has 0 atom stereocenters. The normalized spacial score (nSPS) is 15.4. The molecular weight excluding hydrogens is 384 g/mol. The summed E-state index contributed by atoms with van der Waals surface area (Å²) < 4.78 is 0. The summed E-state index contributed by atoms with van der Waals surface area (Å²) in [6.45, 7) is 7.39. The summed E-state index contributed by atoms with van der Waals surface area (Å²) in [6.07, 6.45) is 5.94. The van der Waals surface area contributed by atoms with Crippen molar-refractivity contribution >= 4 is 16.9 Å². The van der Waals surface area contributed by atoms with Gasteiger partial charge in [0.1, 0.15) is 0 Å². The van der Waals surface area contributed by atoms with Crippen LogP contribution < -0.4 is 5.32 Å². The first-order valence-electron chi connectivity index (χ1n) is 11.0. The van der Waals surface area contributed by atoms with Crippen LogP contribution in [0.15, 0.2) is 54.9 Å². The third-order valence-corrected chi connectivity index (χ3v) is 6.17. The predicted molar refractivity (Wildman–Crippen MR) is 125 cm³/mol. The highest BCUT2D eigenvalue weighted by Gasteiger charge is 2.20. The third kappa shape index (κ3) is 4.44. The number of benzene rings is 2. The van der Waals surface area contributed by atoms with Gasteiger partial charge in [-0.05, 0) is 49.9 Å². The number of rotatable bonds is 5. The topological polar surface area (TPSA) is 69.7 Å². The van der Waals surface area contributed by atoms with Crippen LogP contribution in [0.5, 0.6) is 0 Å². The Hall–Kier alpha value is -3.25. The van der Waals surface area contributed by atoms with Gasteiger partial charge in [-0.15, -0.1) is 0 Å². The van der Waals surface area contributed by atoms with Gasteiger partial charge in [-0.2, -0.15) is 5.10 Å². The lowest BCUT2D eigenvalue weighted by Gasteiger charge is -2.32. The Kier molecular flexibility index (Phi) is 5.38. The minimum Gasteiger partial charge on any atom is -0.351 e. The second-order valence-electron chi connectivity index (χ2n) is 8.53. The number of aromatic amines is 1. The van der Waals surface area contributed by atoms with Crippen molar-refractivity contribution < 1.29 is 0 Å². The molecule has 1 fully saturated rings. The van der Waals surface area contributed by atoms with Crippen LogP contribution in [0, 0.1) is 13.8 Å². The van der Waals surface area contributed by atoms with Crippen molar-refractivity contribution in [3.05, 3.63) is 71.7 Å². The standard InChI is InChI=1S/C25H28N6/c1-17-3-5-19(6-4-17)16-31-11-9-22(10-12-31)29-25-28-18(2)23-13-20(7-8-24(23)30-25)21-14-26-27-15-21/h3-8,13-15,22H,9-12,16H2,1-2H3,(H,26,27)(H,28,29,30). The summed E-state index contributed by atoms with van der Waals surface area (Å²) in [5, 5.41) is 11.6. The summed E-state index contributed by atoms with van der Waals surface area (Å²) >= 11 is 0. The van der Waals surface area contributed by atoms with Gasteiger partial charge in [0, 0.05) is 42.8 Å². The van der Waals surface area contributed by atoms with Crippen LogP contribution in [0.4, 0.5) is 5.95 Å². The number of nitrogens with one attached hydrogen (secondary N) is 2. The van der Waals surface area contributed by atoms with Crippen LogP contribution >= 0.6 is 0 Å². The van der Waals surface area contributed by atoms with Crippen LogP contribution in [0.2, 0.25) is 0 Å². The fourth-order valence-corrected chi connectivity index (χ4v) is 4.30. The lowest BCUT2D eigenvalue weighted by molar-refractivity contribution is 0.211. The van der Waals surface area contributed by atoms with E-state index in [4.69, 9.17) is 9.97 Å². The molecule has 6 nitrogen and oxygen atoms in total. The molecule has 1 aliphatic rings. The predicted octanol–water partition coefficient (Wildman–Crippen LogP) is 4.71. The molecule has 5 rings (SSSR count). The zero-order chi connectivity index (χ0) is 21.2. The molecular formula is C25H28N6. The number of hydrogen-bond donors (Lipinski definition) is 2. The minimum absolute atomic E-state index is 0.413. The van der Waals surface area contributed by atoms with E-state index in [1.165, 1.54) is 11.1 Å². The first-order valence-corrected chi connectivity index (χ1v) is 11.0. The zero-order valence-electron chi connectivity index (χ0n) is 18.1. The highest BCUT2D eigenvalue weighted by Crippen LogP contribution is 2.26. The van der Waals surface area contributed by atoms with Crippen molar-refractivity contribution in [3.8, 4) is 11.1 Å². The zero-order valence-corrected chi connectivity index (χ0v) is 18.1. The number of aromatic nitrogens is 4. The van der Waals surface area contributed by atoms with Crippen molar-refractivity contribution in [2.75, 3.05) is 18.4 Å². The molecule has 158 valence electrons. The number of piperidine rings is 1. The molecule has 31 heavy (non-hydrogen) atoms. The molecule has 0 radical (unpaired) electrons. The van der Waals surface area contributed by atoms with Crippen molar-refractivity contribution in [3.63, 3.8) is 0 Å². The average molecular weight is 413 g/mol. The average Bonchev–Trinajstić information content (AvgIpc) is 3.32. The highest BCUT2D eigenvalue weighted by molar-refractivity contribution is 5.86. The molecule has 2 N–H and O–H groups in total. The molecule has 1 aliphatic heterocycles. The Morgan fingerprint density at radius 3 is 2.55 bits per heavy atom. The number of likely N-dealkylation sites (tertiary alicyclic amines) is 1. The maximum Gasteiger partial charge on any atom is 0.223 e. The van der Waals surface area contributed by atoms with Crippen molar-refractivity contribution in [2.45, 2.75) is 39.3 Å². The first kappa shape index (κ1) is 19.7. The molecule has 1 saturated heterocycles. The fourth-order valence-electron chi connectivity index (χ4n) is 4.30. The minimum atomic E-state index is 0.413. The smallest absolute Gasteiger partial charge is 0.223 e. The van der Waals surface area contributed by atoms with Gasteiger partial charge in [0.2, 0.25) is 5.95 Å². The summed E-state index contributed by atoms with van der Waals surface area (Å²) in [6, 6.07) is 15.6. The molecule has 0 aliphatic carbocycles. The van der Waals surface area contributed by atoms with Crippen LogP contribution in [-0.2, 0) is 6.54 Å². The summed E-state index contributed by atoms with van der Waals surface area (Å²) in [5.41, 5.74) is 6.86. The molecule has 0 unspecified atom stereocenters. The number of fused-ring (bicyclic) bond motifs is 1. The maximum absolute atomic E-state index is 4.79. The Labute approximate surface area is 182 Å². The first-order chi connectivity index (χ1) is 15.1. The second-order valence-corrected chi connectivity index (χ2v) is 8.53. The van der Waals surface area contributed by atoms with E-state index in [1.54, 1.807) is 0 Å². The van der Waals surface area contributed by atoms with E-state index >= 15 is 0 Å². The van der Waals surface area contributed by atoms with E-state index in [0.29, 0.717) is 6.04 Å². The third-order valence-electron chi connectivity index (χ3n) is 6.17. The number of nitrogens with zero attached hydrogens (tertiary/aromatic N) is 4. The molecule has 3 heterocycles. The molecule has 0 saturated carbocycles. The summed E-state index contributed by atoms with van der Waals surface area (Å²) in [5.74, 6) is 0.734. The Balaban J connectivity index is 1.23. The molecule has 2 aromatic heterocycles. The Morgan fingerprint density at radius 2 is 1.81 bits per heavy atom. The van der Waals surface area contributed by atoms with Crippen molar-refractivity contribution in [1.29, 1.82) is 0 Å². The Morgan fingerprint density at radius 1 is 1.00 bits per heavy atom. The lowest BCUT2D eigenvalue weighted by Crippen LogP contribution is -2.39. The van der Waals surface area contributed by atoms with Crippen molar-refractivity contribution in [2.24, 2.45) is 0 Å². The van der Waals surface area contributed by atoms with Gasteiger partial charge in [0.25, 0.3) is 0 Å². The number of hydrogen-bond acceptors (Lipinski definition) is 5. The van der Waals surface area contributed by atoms with E-state index in [-0.39, 0.29) is 0 Å². The van der Waals surface area contributed by atoms with E-state index in [9.17, 15) is 0 Å². The van der Waals surface area contributed by atoms with Crippen LogP contribution in [0.1, 0.15) is 29.7 Å². The molecule has 0 amide bonds. The second kappa shape index (κ2) is 8.47. The summed E-state index contributed by atoms with van der Waals surface area (Å²) in [4.78, 5) is 12.1. The largest absolute Gasteiger partial charge is 0.351 e. The van der Waals surface area contributed by atoms with Gasteiger partial charge in [-0.25, -0.2) is 9.97 Å². The van der Waals surface area contributed by atoms with E-state index in [1.807, 2.05) is 12.4 Å². The van der Waals surface area contributed by atoms with Crippen LogP contribution in [0.3, 0.4) is 0 Å². The van der Waals surface area contributed by atoms with Gasteiger partial charge in [-0.3, -0.25) is 10.00 Å². The van der Waals surface area contributed by atoms with Gasteiger partial charge in [-0.1, -0.05) is 35.9 Å². The molecule has 0 spiro atoms. The van der Waals surface area contributed by atoms with Crippen LogP contribution in [-0.4, -0.2) is 44.2 Å². The number of anilines is 1. The SMILES string of the molecule is Cc1ccc(CN2CCC(Nc3nc(C)c4cc(-c5cn[nH]c5)ccc4n3)CC2)cc1. The van der Waals surface area contributed by atoms with Gasteiger partial charge in [0.05, 0.1) is 17.4 Å². The van der Waals surface area contributed by atoms with Crippen molar-refractivity contribution in [1.82, 2.24) is 25.1 Å². The van der Waals surface area contributed by atoms with Gasteiger partial charge >= 0.3 is 0 Å². The molecule has 6 heteroatoms. The summed E-state index contributed by atoms with van der Waals surface area (Å²) in [7, 11) is 0. The van der Waals surface area contributed by atoms with E-state index < -0.39 is 0 Å². The van der Waals surface area contributed by atoms with Gasteiger partial charge in [0.15, 0.2) is 0 Å². The van der Waals surface area contributed by atoms with E-state index in [2.05, 4.69) is 76.7 Å². The highest BCUT2D eigenvalue weighted by atomic mass is 15.2.